The molecule has 5 nitrogen and oxygen atoms in total. The van der Waals surface area contributed by atoms with E-state index in [2.05, 4.69) is 103 Å². The van der Waals surface area contributed by atoms with Gasteiger partial charge in [0.25, 0.3) is 0 Å². The van der Waals surface area contributed by atoms with E-state index >= 15 is 0 Å². The van der Waals surface area contributed by atoms with E-state index in [0.717, 1.165) is 39.3 Å². The van der Waals surface area contributed by atoms with Crippen molar-refractivity contribution in [3.8, 4) is 0 Å². The van der Waals surface area contributed by atoms with Crippen LogP contribution in [0.2, 0.25) is 98.2 Å². The molecule has 0 bridgehead atoms. The van der Waals surface area contributed by atoms with Gasteiger partial charge in [0.2, 0.25) is 0 Å². The largest absolute Gasteiger partial charge is 4.00 e. The zero-order chi connectivity index (χ0) is 25.1. The van der Waals surface area contributed by atoms with Gasteiger partial charge in [-0.3, -0.25) is 0 Å². The maximum atomic E-state index is 4.86. The van der Waals surface area contributed by atoms with Crippen molar-refractivity contribution in [2.45, 2.75) is 98.2 Å². The van der Waals surface area contributed by atoms with Gasteiger partial charge in [-0.1, -0.05) is 139 Å². The van der Waals surface area contributed by atoms with Gasteiger partial charge < -0.3 is 24.5 Å². The minimum absolute atomic E-state index is 0. The topological polar surface area (TPSA) is 59.6 Å². The molecule has 0 fully saturated rings. The third kappa shape index (κ3) is 36.5. The summed E-state index contributed by atoms with van der Waals surface area (Å²) in [7, 11) is -6.06. The number of nitrogens with zero attached hydrogens (tertiary/aromatic N) is 5. The van der Waals surface area contributed by atoms with Crippen LogP contribution in [0.25, 0.3) is 19.6 Å². The van der Waals surface area contributed by atoms with Crippen LogP contribution < -0.4 is 0 Å². The Balaban J connectivity index is -0.000000710. The van der Waals surface area contributed by atoms with E-state index in [0.29, 0.717) is 0 Å². The fraction of sp³-hybridized carbons (Fsp3) is 1.00. The molecule has 0 aliphatic heterocycles. The minimum atomic E-state index is -1.28. The zero-order valence-corrected chi connectivity index (χ0v) is 33.6. The predicted octanol–water partition coefficient (Wildman–Crippen LogP) is 7.94. The van der Waals surface area contributed by atoms with Gasteiger partial charge >= 0.3 is 31.1 Å². The Labute approximate surface area is 232 Å². The first-order valence-corrected chi connectivity index (χ1v) is 29.3. The second-order valence-electron chi connectivity index (χ2n) is 13.5. The molecule has 0 aromatic rings. The van der Waals surface area contributed by atoms with Crippen molar-refractivity contribution in [2.24, 2.45) is 0 Å². The Morgan fingerprint density at radius 3 is 0.750 bits per heavy atom. The summed E-state index contributed by atoms with van der Waals surface area (Å²) in [5.41, 5.74) is 0. The van der Waals surface area contributed by atoms with Crippen molar-refractivity contribution >= 4 is 41.2 Å². The van der Waals surface area contributed by atoms with Gasteiger partial charge in [-0.15, -0.1) is 19.6 Å². The minimum Gasteiger partial charge on any atom is -0.668 e. The van der Waals surface area contributed by atoms with Crippen LogP contribution in [0.5, 0.6) is 0 Å². The van der Waals surface area contributed by atoms with E-state index in [1.165, 1.54) is 0 Å². The van der Waals surface area contributed by atoms with Crippen molar-refractivity contribution in [3.05, 3.63) is 19.6 Å². The van der Waals surface area contributed by atoms with Crippen molar-refractivity contribution in [3.63, 3.8) is 0 Å². The molecule has 11 heteroatoms. The maximum Gasteiger partial charge on any atom is 4.00 e. The monoisotopic (exact) mass is 757 g/mol. The molecule has 32 heavy (non-hydrogen) atoms. The normalized spacial score (nSPS) is 13.5. The molecule has 0 spiro atoms. The first kappa shape index (κ1) is 38.5. The quantitative estimate of drug-likeness (QED) is 0.166. The van der Waals surface area contributed by atoms with Crippen LogP contribution in [-0.4, -0.2) is 85.3 Å². The van der Waals surface area contributed by atoms with Crippen LogP contribution in [0.4, 0.5) is 0 Å². The Morgan fingerprint density at radius 1 is 0.406 bits per heavy atom. The van der Waals surface area contributed by atoms with Gasteiger partial charge in [0.05, 0.1) is 0 Å². The number of hydrogen-bond acceptors (Lipinski definition) is 1. The molecule has 0 N–H and O–H groups in total. The van der Waals surface area contributed by atoms with Crippen LogP contribution in [0, 0.1) is 31.1 Å². The average molecular weight is 758 g/mol. The van der Waals surface area contributed by atoms with Crippen LogP contribution in [-0.2, 0) is 0 Å². The zero-order valence-electron chi connectivity index (χ0n) is 24.5. The van der Waals surface area contributed by atoms with E-state index < -0.39 is 41.2 Å². The molecule has 0 heterocycles. The van der Waals surface area contributed by atoms with Gasteiger partial charge in [0, 0.05) is 0 Å². The fourth-order valence-corrected chi connectivity index (χ4v) is 13.3. The van der Waals surface area contributed by atoms with Gasteiger partial charge in [-0.25, -0.2) is 0 Å². The van der Waals surface area contributed by atoms with E-state index in [1.807, 2.05) is 0 Å². The summed E-state index contributed by atoms with van der Waals surface area (Å²) >= 11 is 0. The van der Waals surface area contributed by atoms with Crippen LogP contribution in [0.3, 0.4) is 0 Å². The van der Waals surface area contributed by atoms with Crippen LogP contribution in [0.15, 0.2) is 0 Å². The van der Waals surface area contributed by atoms with Crippen molar-refractivity contribution in [1.29, 1.82) is 0 Å². The fourth-order valence-electron chi connectivity index (χ4n) is 2.92. The number of rotatable bonds is 14. The van der Waals surface area contributed by atoms with Crippen LogP contribution >= 0.6 is 0 Å². The second kappa shape index (κ2) is 16.6. The molecule has 0 aromatic carbocycles. The molecular weight excluding hydrogens is 701 g/mol. The summed E-state index contributed by atoms with van der Waals surface area (Å²) in [6, 6.07) is 0. The summed E-state index contributed by atoms with van der Waals surface area (Å²) in [6.45, 7) is 40.6. The van der Waals surface area contributed by atoms with Gasteiger partial charge in [-0.2, -0.15) is 0 Å². The van der Waals surface area contributed by atoms with Crippen LogP contribution in [0.1, 0.15) is 0 Å². The maximum absolute atomic E-state index is 4.86. The molecule has 0 saturated heterocycles. The van der Waals surface area contributed by atoms with Gasteiger partial charge in [-0.05, 0) is 19.6 Å². The Kier molecular flexibility index (Phi) is 20.0. The molecular formula is C21H57N5Si5U. The van der Waals surface area contributed by atoms with Gasteiger partial charge in [0.15, 0.2) is 0 Å². The molecule has 0 rings (SSSR count). The summed E-state index contributed by atoms with van der Waals surface area (Å²) in [6.07, 6.45) is 0. The molecule has 190 valence electrons. The molecule has 0 aromatic heterocycles. The SMILES string of the molecule is C[Si](C)(C)[N-]CCN(CC[N-][Si](C)(C)C)CC[N-][Si](C)(C)C.C[Si](C)(C)[N-][Si](C)(C)C.[U+4]. The Bertz CT molecular complexity index is 404. The molecule has 0 radical (unpaired) electrons. The van der Waals surface area contributed by atoms with Crippen molar-refractivity contribution in [2.75, 3.05) is 39.3 Å². The molecule has 0 atom stereocenters. The van der Waals surface area contributed by atoms with E-state index in [1.54, 1.807) is 0 Å². The third-order valence-electron chi connectivity index (χ3n) is 3.68. The Hall–Kier alpha value is 1.94. The summed E-state index contributed by atoms with van der Waals surface area (Å²) in [4.78, 5) is 17.1. The Morgan fingerprint density at radius 2 is 0.625 bits per heavy atom. The smallest absolute Gasteiger partial charge is 0.668 e. The first-order chi connectivity index (χ1) is 13.5. The average Bonchev–Trinajstić information content (AvgIpc) is 2.39. The third-order valence-corrected chi connectivity index (χ3v) is 12.6. The summed E-state index contributed by atoms with van der Waals surface area (Å²) in [5, 5.41) is 0. The van der Waals surface area contributed by atoms with Gasteiger partial charge in [0.1, 0.15) is 0 Å². The van der Waals surface area contributed by atoms with Crippen molar-refractivity contribution < 1.29 is 31.1 Å². The summed E-state index contributed by atoms with van der Waals surface area (Å²) in [5.74, 6) is 0. The second-order valence-corrected chi connectivity index (χ2v) is 37.0. The predicted molar refractivity (Wildman–Crippen MR) is 161 cm³/mol. The standard InChI is InChI=1S/C15H39N4Si3.C6H18NSi2.U/c1-20(2,3)16-10-13-19(14-11-17-21(4,5)6)15-12-18-22(7,8)9;1-8(2,3)7-9(4,5)6;/h10-15H2,1-9H3;1-6H3;/q-3;-1;+4. The molecule has 0 aliphatic rings. The summed E-state index contributed by atoms with van der Waals surface area (Å²) < 4.78 is 4.82. The molecule has 0 aliphatic carbocycles. The van der Waals surface area contributed by atoms with E-state index in [4.69, 9.17) is 19.6 Å². The number of hydrogen-bond donors (Lipinski definition) is 0. The molecule has 0 unspecified atom stereocenters. The molecule has 0 saturated carbocycles. The van der Waals surface area contributed by atoms with Crippen molar-refractivity contribution in [1.82, 2.24) is 4.90 Å². The molecule has 0 amide bonds. The van der Waals surface area contributed by atoms with E-state index in [-0.39, 0.29) is 31.1 Å². The first-order valence-electron chi connectivity index (χ1n) is 12.0. The van der Waals surface area contributed by atoms with E-state index in [9.17, 15) is 0 Å².